The van der Waals surface area contributed by atoms with E-state index in [1.807, 2.05) is 0 Å². The molecule has 0 bridgehead atoms. The van der Waals surface area contributed by atoms with E-state index in [1.165, 1.54) is 50.0 Å². The molecule has 0 amide bonds. The van der Waals surface area contributed by atoms with Gasteiger partial charge in [0.15, 0.2) is 5.96 Å². The van der Waals surface area contributed by atoms with E-state index in [0.717, 1.165) is 44.7 Å². The molecule has 1 unspecified atom stereocenters. The van der Waals surface area contributed by atoms with E-state index < -0.39 is 0 Å². The maximum absolute atomic E-state index is 6.09. The summed E-state index contributed by atoms with van der Waals surface area (Å²) in [6.45, 7) is 14.6. The molecule has 1 atom stereocenters. The number of nitrogens with zero attached hydrogens (tertiary/aromatic N) is 3. The Kier molecular flexibility index (Phi) is 8.16. The van der Waals surface area contributed by atoms with Crippen LogP contribution in [0.4, 0.5) is 0 Å². The molecule has 0 spiro atoms. The van der Waals surface area contributed by atoms with E-state index in [2.05, 4.69) is 60.2 Å². The molecule has 156 valence electrons. The third-order valence-electron chi connectivity index (χ3n) is 6.19. The maximum atomic E-state index is 6.09. The van der Waals surface area contributed by atoms with Gasteiger partial charge in [-0.25, -0.2) is 0 Å². The number of likely N-dealkylation sites (tertiary alicyclic amines) is 1. The normalized spacial score (nSPS) is 22.5. The zero-order valence-electron chi connectivity index (χ0n) is 18.0. The summed E-state index contributed by atoms with van der Waals surface area (Å²) in [6, 6.07) is 8.56. The SMILES string of the molecule is CCNC(=NCCC1CCN(CC)CC1)N1CCOC(c2ccccc2C)C1. The van der Waals surface area contributed by atoms with E-state index in [0.29, 0.717) is 0 Å². The van der Waals surface area contributed by atoms with Crippen molar-refractivity contribution in [2.75, 3.05) is 52.4 Å². The fourth-order valence-electron chi connectivity index (χ4n) is 4.35. The Bertz CT molecular complexity index is 625. The maximum Gasteiger partial charge on any atom is 0.194 e. The van der Waals surface area contributed by atoms with Crippen molar-refractivity contribution in [3.63, 3.8) is 0 Å². The summed E-state index contributed by atoms with van der Waals surface area (Å²) in [5, 5.41) is 3.51. The minimum absolute atomic E-state index is 0.122. The van der Waals surface area contributed by atoms with Crippen LogP contribution in [0.3, 0.4) is 0 Å². The van der Waals surface area contributed by atoms with Crippen molar-refractivity contribution >= 4 is 5.96 Å². The molecule has 2 fully saturated rings. The first kappa shape index (κ1) is 21.1. The van der Waals surface area contributed by atoms with Crippen molar-refractivity contribution in [1.29, 1.82) is 0 Å². The highest BCUT2D eigenvalue weighted by Gasteiger charge is 2.25. The lowest BCUT2D eigenvalue weighted by atomic mass is 9.94. The zero-order chi connectivity index (χ0) is 19.8. The van der Waals surface area contributed by atoms with Gasteiger partial charge < -0.3 is 19.9 Å². The van der Waals surface area contributed by atoms with Crippen LogP contribution < -0.4 is 5.32 Å². The minimum Gasteiger partial charge on any atom is -0.370 e. The number of morpholine rings is 1. The van der Waals surface area contributed by atoms with Gasteiger partial charge in [0, 0.05) is 19.6 Å². The van der Waals surface area contributed by atoms with Gasteiger partial charge in [0.05, 0.1) is 13.2 Å². The van der Waals surface area contributed by atoms with Crippen LogP contribution in [-0.4, -0.2) is 68.2 Å². The van der Waals surface area contributed by atoms with Crippen LogP contribution in [0.5, 0.6) is 0 Å². The molecule has 2 aliphatic rings. The quantitative estimate of drug-likeness (QED) is 0.600. The third kappa shape index (κ3) is 5.71. The highest BCUT2D eigenvalue weighted by Crippen LogP contribution is 2.25. The van der Waals surface area contributed by atoms with Gasteiger partial charge in [-0.15, -0.1) is 0 Å². The van der Waals surface area contributed by atoms with Crippen molar-refractivity contribution < 1.29 is 4.74 Å². The summed E-state index contributed by atoms with van der Waals surface area (Å²) in [5.74, 6) is 1.88. The van der Waals surface area contributed by atoms with Crippen LogP contribution in [0.1, 0.15) is 50.3 Å². The lowest BCUT2D eigenvalue weighted by molar-refractivity contribution is -0.00833. The van der Waals surface area contributed by atoms with Gasteiger partial charge in [0.2, 0.25) is 0 Å². The summed E-state index contributed by atoms with van der Waals surface area (Å²) in [4.78, 5) is 9.92. The molecule has 1 N–H and O–H groups in total. The van der Waals surface area contributed by atoms with Gasteiger partial charge in [-0.05, 0) is 69.8 Å². The van der Waals surface area contributed by atoms with E-state index >= 15 is 0 Å². The van der Waals surface area contributed by atoms with Gasteiger partial charge >= 0.3 is 0 Å². The Labute approximate surface area is 171 Å². The molecular weight excluding hydrogens is 348 g/mol. The summed E-state index contributed by atoms with van der Waals surface area (Å²) in [6.07, 6.45) is 3.98. The second-order valence-corrected chi connectivity index (χ2v) is 8.06. The summed E-state index contributed by atoms with van der Waals surface area (Å²) >= 11 is 0. The Morgan fingerprint density at radius 2 is 1.96 bits per heavy atom. The highest BCUT2D eigenvalue weighted by atomic mass is 16.5. The molecule has 28 heavy (non-hydrogen) atoms. The van der Waals surface area contributed by atoms with Gasteiger partial charge in [0.25, 0.3) is 0 Å². The summed E-state index contributed by atoms with van der Waals surface area (Å²) < 4.78 is 6.09. The van der Waals surface area contributed by atoms with Gasteiger partial charge in [-0.1, -0.05) is 31.2 Å². The van der Waals surface area contributed by atoms with Crippen LogP contribution in [-0.2, 0) is 4.74 Å². The number of aliphatic imine (C=N–C) groups is 1. The Balaban J connectivity index is 1.56. The number of hydrogen-bond donors (Lipinski definition) is 1. The smallest absolute Gasteiger partial charge is 0.194 e. The molecule has 2 aliphatic heterocycles. The summed E-state index contributed by atoms with van der Waals surface area (Å²) in [5.41, 5.74) is 2.60. The zero-order valence-corrected chi connectivity index (χ0v) is 18.0. The molecule has 0 radical (unpaired) electrons. The van der Waals surface area contributed by atoms with Crippen molar-refractivity contribution in [3.05, 3.63) is 35.4 Å². The van der Waals surface area contributed by atoms with E-state index in [-0.39, 0.29) is 6.10 Å². The van der Waals surface area contributed by atoms with E-state index in [1.54, 1.807) is 0 Å². The lowest BCUT2D eigenvalue weighted by Gasteiger charge is -2.36. The number of benzene rings is 1. The van der Waals surface area contributed by atoms with Crippen molar-refractivity contribution in [3.8, 4) is 0 Å². The van der Waals surface area contributed by atoms with Crippen LogP contribution in [0.2, 0.25) is 0 Å². The fraction of sp³-hybridized carbons (Fsp3) is 0.696. The summed E-state index contributed by atoms with van der Waals surface area (Å²) in [7, 11) is 0. The standard InChI is InChI=1S/C23H38N4O/c1-4-24-23(25-13-10-20-11-14-26(5-2)15-12-20)27-16-17-28-22(18-27)21-9-7-6-8-19(21)3/h6-9,20,22H,4-5,10-18H2,1-3H3,(H,24,25). The second kappa shape index (κ2) is 10.8. The molecule has 2 saturated heterocycles. The minimum atomic E-state index is 0.122. The number of nitrogens with one attached hydrogen (secondary N) is 1. The molecule has 3 rings (SSSR count). The molecular formula is C23H38N4O. The first-order chi connectivity index (χ1) is 13.7. The largest absolute Gasteiger partial charge is 0.370 e. The Morgan fingerprint density at radius 3 is 2.68 bits per heavy atom. The number of hydrogen-bond acceptors (Lipinski definition) is 3. The topological polar surface area (TPSA) is 40.1 Å². The van der Waals surface area contributed by atoms with Crippen LogP contribution in [0, 0.1) is 12.8 Å². The first-order valence-corrected chi connectivity index (χ1v) is 11.1. The molecule has 1 aromatic carbocycles. The Hall–Kier alpha value is -1.59. The molecule has 5 nitrogen and oxygen atoms in total. The highest BCUT2D eigenvalue weighted by molar-refractivity contribution is 5.80. The lowest BCUT2D eigenvalue weighted by Crippen LogP contribution is -2.48. The van der Waals surface area contributed by atoms with E-state index in [9.17, 15) is 0 Å². The molecule has 0 saturated carbocycles. The van der Waals surface area contributed by atoms with E-state index in [4.69, 9.17) is 9.73 Å². The average molecular weight is 387 g/mol. The monoisotopic (exact) mass is 386 g/mol. The van der Waals surface area contributed by atoms with Crippen LogP contribution in [0.25, 0.3) is 0 Å². The predicted molar refractivity (Wildman–Crippen MR) is 117 cm³/mol. The van der Waals surface area contributed by atoms with Gasteiger partial charge in [-0.2, -0.15) is 0 Å². The van der Waals surface area contributed by atoms with Crippen molar-refractivity contribution in [2.45, 2.75) is 46.1 Å². The first-order valence-electron chi connectivity index (χ1n) is 11.1. The molecule has 1 aromatic rings. The second-order valence-electron chi connectivity index (χ2n) is 8.06. The average Bonchev–Trinajstić information content (AvgIpc) is 2.74. The molecule has 0 aliphatic carbocycles. The number of guanidine groups is 1. The molecule has 0 aromatic heterocycles. The number of ether oxygens (including phenoxy) is 1. The number of rotatable bonds is 6. The number of piperidine rings is 1. The van der Waals surface area contributed by atoms with Gasteiger partial charge in [0.1, 0.15) is 6.10 Å². The predicted octanol–water partition coefficient (Wildman–Crippen LogP) is 3.46. The number of aryl methyl sites for hydroxylation is 1. The Morgan fingerprint density at radius 1 is 1.18 bits per heavy atom. The fourth-order valence-corrected chi connectivity index (χ4v) is 4.35. The van der Waals surface area contributed by atoms with Crippen LogP contribution >= 0.6 is 0 Å². The third-order valence-corrected chi connectivity index (χ3v) is 6.19. The van der Waals surface area contributed by atoms with Crippen molar-refractivity contribution in [1.82, 2.24) is 15.1 Å². The molecule has 2 heterocycles. The van der Waals surface area contributed by atoms with Gasteiger partial charge in [-0.3, -0.25) is 4.99 Å². The molecule has 5 heteroatoms. The van der Waals surface area contributed by atoms with Crippen LogP contribution in [0.15, 0.2) is 29.3 Å². The van der Waals surface area contributed by atoms with Crippen molar-refractivity contribution in [2.24, 2.45) is 10.9 Å².